The van der Waals surface area contributed by atoms with E-state index in [9.17, 15) is 9.59 Å². The lowest BCUT2D eigenvalue weighted by Crippen LogP contribution is -2.31. The van der Waals surface area contributed by atoms with Crippen LogP contribution in [0.15, 0.2) is 18.3 Å². The number of anilines is 1. The Labute approximate surface area is 105 Å². The highest BCUT2D eigenvalue weighted by Crippen LogP contribution is 2.09. The number of rotatable bonds is 6. The molecule has 1 unspecified atom stereocenters. The Kier molecular flexibility index (Phi) is 5.10. The number of hydrogen-bond acceptors (Lipinski definition) is 4. The smallest absolute Gasteiger partial charge is 0.303 e. The monoisotopic (exact) mass is 251 g/mol. The van der Waals surface area contributed by atoms with Crippen molar-refractivity contribution in [2.75, 3.05) is 12.3 Å². The number of aromatic nitrogens is 1. The Hall–Kier alpha value is -2.11. The van der Waals surface area contributed by atoms with Gasteiger partial charge in [-0.25, -0.2) is 4.98 Å². The van der Waals surface area contributed by atoms with E-state index in [1.54, 1.807) is 12.1 Å². The van der Waals surface area contributed by atoms with Gasteiger partial charge in [0.05, 0.1) is 5.69 Å². The lowest BCUT2D eigenvalue weighted by atomic mass is 10.0. The van der Waals surface area contributed by atoms with Crippen LogP contribution in [0.2, 0.25) is 0 Å². The standard InChI is InChI=1S/C12H17N3O3/c1-2-8(6-10(16)17)7-15-12(18)11-9(13)4-3-5-14-11/h3-5,8H,2,6-7,13H2,1H3,(H,15,18)(H,16,17). The molecule has 1 aromatic heterocycles. The fraction of sp³-hybridized carbons (Fsp3) is 0.417. The Morgan fingerprint density at radius 3 is 2.83 bits per heavy atom. The number of carbonyl (C=O) groups excluding carboxylic acids is 1. The van der Waals surface area contributed by atoms with E-state index in [-0.39, 0.29) is 23.9 Å². The van der Waals surface area contributed by atoms with Crippen LogP contribution in [-0.4, -0.2) is 28.5 Å². The zero-order valence-corrected chi connectivity index (χ0v) is 10.2. The van der Waals surface area contributed by atoms with E-state index in [1.807, 2.05) is 6.92 Å². The molecule has 6 nitrogen and oxygen atoms in total. The van der Waals surface area contributed by atoms with Crippen molar-refractivity contribution >= 4 is 17.6 Å². The maximum absolute atomic E-state index is 11.8. The van der Waals surface area contributed by atoms with Crippen molar-refractivity contribution in [1.29, 1.82) is 0 Å². The van der Waals surface area contributed by atoms with Gasteiger partial charge < -0.3 is 16.2 Å². The molecule has 0 saturated carbocycles. The minimum atomic E-state index is -0.867. The molecule has 1 heterocycles. The average Bonchev–Trinajstić information content (AvgIpc) is 2.34. The first kappa shape index (κ1) is 14.0. The molecular weight excluding hydrogens is 234 g/mol. The van der Waals surface area contributed by atoms with Crippen LogP contribution in [0.3, 0.4) is 0 Å². The van der Waals surface area contributed by atoms with Gasteiger partial charge in [-0.1, -0.05) is 13.3 Å². The second kappa shape index (κ2) is 6.58. The average molecular weight is 251 g/mol. The fourth-order valence-electron chi connectivity index (χ4n) is 1.54. The van der Waals surface area contributed by atoms with Crippen LogP contribution in [0, 0.1) is 5.92 Å². The summed E-state index contributed by atoms with van der Waals surface area (Å²) in [5.74, 6) is -1.33. The van der Waals surface area contributed by atoms with Gasteiger partial charge in [-0.2, -0.15) is 0 Å². The molecule has 0 fully saturated rings. The topological polar surface area (TPSA) is 105 Å². The maximum Gasteiger partial charge on any atom is 0.303 e. The van der Waals surface area contributed by atoms with Gasteiger partial charge in [0.25, 0.3) is 5.91 Å². The summed E-state index contributed by atoms with van der Waals surface area (Å²) in [5, 5.41) is 11.3. The second-order valence-electron chi connectivity index (χ2n) is 4.02. The third kappa shape index (κ3) is 4.04. The summed E-state index contributed by atoms with van der Waals surface area (Å²) in [6.45, 7) is 2.19. The molecule has 18 heavy (non-hydrogen) atoms. The van der Waals surface area contributed by atoms with Crippen molar-refractivity contribution in [3.63, 3.8) is 0 Å². The number of pyridine rings is 1. The van der Waals surface area contributed by atoms with E-state index in [2.05, 4.69) is 10.3 Å². The molecule has 0 aliphatic rings. The van der Waals surface area contributed by atoms with Gasteiger partial charge >= 0.3 is 5.97 Å². The van der Waals surface area contributed by atoms with Crippen LogP contribution in [0.5, 0.6) is 0 Å². The summed E-state index contributed by atoms with van der Waals surface area (Å²) in [4.78, 5) is 26.3. The number of nitrogen functional groups attached to an aromatic ring is 1. The summed E-state index contributed by atoms with van der Waals surface area (Å²) >= 11 is 0. The number of carboxylic acids is 1. The molecule has 1 atom stereocenters. The van der Waals surface area contributed by atoms with Crippen molar-refractivity contribution in [2.45, 2.75) is 19.8 Å². The molecule has 0 saturated heterocycles. The van der Waals surface area contributed by atoms with Gasteiger partial charge in [-0.15, -0.1) is 0 Å². The Bertz CT molecular complexity index is 434. The predicted molar refractivity (Wildman–Crippen MR) is 67.0 cm³/mol. The van der Waals surface area contributed by atoms with Crippen molar-refractivity contribution in [1.82, 2.24) is 10.3 Å². The first-order valence-electron chi connectivity index (χ1n) is 5.75. The Balaban J connectivity index is 2.55. The molecule has 1 rings (SSSR count). The van der Waals surface area contributed by atoms with E-state index in [1.165, 1.54) is 6.20 Å². The molecule has 4 N–H and O–H groups in total. The van der Waals surface area contributed by atoms with E-state index in [0.29, 0.717) is 18.7 Å². The third-order valence-corrected chi connectivity index (χ3v) is 2.65. The van der Waals surface area contributed by atoms with Crippen molar-refractivity contribution in [2.24, 2.45) is 5.92 Å². The summed E-state index contributed by atoms with van der Waals surface area (Å²) < 4.78 is 0. The maximum atomic E-state index is 11.8. The van der Waals surface area contributed by atoms with Gasteiger partial charge in [0.15, 0.2) is 5.69 Å². The van der Waals surface area contributed by atoms with Crippen LogP contribution >= 0.6 is 0 Å². The second-order valence-corrected chi connectivity index (χ2v) is 4.02. The molecule has 0 radical (unpaired) electrons. The van der Waals surface area contributed by atoms with Gasteiger partial charge in [0.2, 0.25) is 0 Å². The van der Waals surface area contributed by atoms with Gasteiger partial charge in [-0.05, 0) is 18.1 Å². The van der Waals surface area contributed by atoms with Crippen molar-refractivity contribution < 1.29 is 14.7 Å². The van der Waals surface area contributed by atoms with E-state index in [0.717, 1.165) is 0 Å². The molecule has 0 bridgehead atoms. The number of carboxylic acid groups (broad SMARTS) is 1. The quantitative estimate of drug-likeness (QED) is 0.696. The zero-order chi connectivity index (χ0) is 13.5. The van der Waals surface area contributed by atoms with Crippen LogP contribution in [0.4, 0.5) is 5.69 Å². The van der Waals surface area contributed by atoms with Crippen LogP contribution in [0.25, 0.3) is 0 Å². The van der Waals surface area contributed by atoms with Crippen LogP contribution < -0.4 is 11.1 Å². The number of hydrogen-bond donors (Lipinski definition) is 3. The zero-order valence-electron chi connectivity index (χ0n) is 10.2. The lowest BCUT2D eigenvalue weighted by molar-refractivity contribution is -0.138. The van der Waals surface area contributed by atoms with Crippen molar-refractivity contribution in [3.05, 3.63) is 24.0 Å². The minimum absolute atomic E-state index is 0.0362. The number of amides is 1. The largest absolute Gasteiger partial charge is 0.481 e. The highest BCUT2D eigenvalue weighted by Gasteiger charge is 2.15. The predicted octanol–water partition coefficient (Wildman–Crippen LogP) is 0.895. The molecule has 0 aliphatic heterocycles. The molecule has 0 aliphatic carbocycles. The van der Waals surface area contributed by atoms with Gasteiger partial charge in [-0.3, -0.25) is 9.59 Å². The van der Waals surface area contributed by atoms with Gasteiger partial charge in [0.1, 0.15) is 0 Å². The molecular formula is C12H17N3O3. The lowest BCUT2D eigenvalue weighted by Gasteiger charge is -2.13. The van der Waals surface area contributed by atoms with Crippen LogP contribution in [-0.2, 0) is 4.79 Å². The highest BCUT2D eigenvalue weighted by atomic mass is 16.4. The van der Waals surface area contributed by atoms with Crippen molar-refractivity contribution in [3.8, 4) is 0 Å². The normalized spacial score (nSPS) is 11.8. The minimum Gasteiger partial charge on any atom is -0.481 e. The molecule has 98 valence electrons. The number of nitrogens with zero attached hydrogens (tertiary/aromatic N) is 1. The molecule has 0 aromatic carbocycles. The first-order chi connectivity index (χ1) is 8.54. The summed E-state index contributed by atoms with van der Waals surface area (Å²) in [7, 11) is 0. The summed E-state index contributed by atoms with van der Waals surface area (Å²) in [5.41, 5.74) is 6.10. The van der Waals surface area contributed by atoms with Crippen LogP contribution in [0.1, 0.15) is 30.3 Å². The number of aliphatic carboxylic acids is 1. The van der Waals surface area contributed by atoms with E-state index >= 15 is 0 Å². The molecule has 1 amide bonds. The third-order valence-electron chi connectivity index (χ3n) is 2.65. The molecule has 6 heteroatoms. The number of nitrogens with two attached hydrogens (primary N) is 1. The van der Waals surface area contributed by atoms with E-state index < -0.39 is 5.97 Å². The first-order valence-corrected chi connectivity index (χ1v) is 5.75. The number of carbonyl (C=O) groups is 2. The molecule has 1 aromatic rings. The number of nitrogens with one attached hydrogen (secondary N) is 1. The Morgan fingerprint density at radius 1 is 1.56 bits per heavy atom. The van der Waals surface area contributed by atoms with E-state index in [4.69, 9.17) is 10.8 Å². The Morgan fingerprint density at radius 2 is 2.28 bits per heavy atom. The summed E-state index contributed by atoms with van der Waals surface area (Å²) in [6.07, 6.45) is 2.21. The SMILES string of the molecule is CCC(CNC(=O)c1ncccc1N)CC(=O)O. The summed E-state index contributed by atoms with van der Waals surface area (Å²) in [6, 6.07) is 3.24. The van der Waals surface area contributed by atoms with Gasteiger partial charge in [0, 0.05) is 19.2 Å². The highest BCUT2D eigenvalue weighted by molar-refractivity contribution is 5.96. The molecule has 0 spiro atoms. The fourth-order valence-corrected chi connectivity index (χ4v) is 1.54.